The highest BCUT2D eigenvalue weighted by atomic mass is 32.2. The van der Waals surface area contributed by atoms with Crippen molar-refractivity contribution in [2.45, 2.75) is 120 Å². The molecule has 1 aromatic heterocycles. The molecule has 1 aromatic rings. The number of amides is 2. The first kappa shape index (κ1) is 31.5. The van der Waals surface area contributed by atoms with Gasteiger partial charge in [-0.2, -0.15) is 11.8 Å². The summed E-state index contributed by atoms with van der Waals surface area (Å²) in [5, 5.41) is 6.20. The van der Waals surface area contributed by atoms with Gasteiger partial charge in [0.15, 0.2) is 11.9 Å². The van der Waals surface area contributed by atoms with Crippen LogP contribution in [0.3, 0.4) is 0 Å². The number of carbonyl (C=O) groups is 2. The average molecular weight is 578 g/mol. The van der Waals surface area contributed by atoms with Gasteiger partial charge in [0.25, 0.3) is 5.91 Å². The molecule has 4 atom stereocenters. The van der Waals surface area contributed by atoms with E-state index in [2.05, 4.69) is 86.2 Å². The van der Waals surface area contributed by atoms with E-state index in [0.717, 1.165) is 25.1 Å². The molecular formula is C30H46FN4O2S2+. The summed E-state index contributed by atoms with van der Waals surface area (Å²) < 4.78 is 16.2. The smallest absolute Gasteiger partial charge is 0.258 e. The van der Waals surface area contributed by atoms with Gasteiger partial charge in [-0.25, -0.2) is 13.9 Å². The molecule has 216 valence electrons. The lowest BCUT2D eigenvalue weighted by molar-refractivity contribution is -0.537. The molecule has 2 amide bonds. The Bertz CT molecular complexity index is 1090. The lowest BCUT2D eigenvalue weighted by Gasteiger charge is -2.33. The summed E-state index contributed by atoms with van der Waals surface area (Å²) in [6.07, 6.45) is 13.5. The van der Waals surface area contributed by atoms with E-state index in [1.165, 1.54) is 23.3 Å². The van der Waals surface area contributed by atoms with Gasteiger partial charge in [-0.3, -0.25) is 9.59 Å². The van der Waals surface area contributed by atoms with Crippen molar-refractivity contribution in [2.75, 3.05) is 6.54 Å². The summed E-state index contributed by atoms with van der Waals surface area (Å²) >= 11 is 3.54. The second-order valence-electron chi connectivity index (χ2n) is 11.8. The van der Waals surface area contributed by atoms with Crippen LogP contribution in [-0.2, 0) is 9.59 Å². The third kappa shape index (κ3) is 8.74. The normalized spacial score (nSPS) is 24.4. The Morgan fingerprint density at radius 1 is 1.33 bits per heavy atom. The molecule has 4 unspecified atom stereocenters. The molecule has 2 aliphatic carbocycles. The van der Waals surface area contributed by atoms with Crippen LogP contribution >= 0.6 is 23.1 Å². The van der Waals surface area contributed by atoms with Crippen LogP contribution in [0.1, 0.15) is 90.1 Å². The van der Waals surface area contributed by atoms with Crippen LogP contribution in [0.4, 0.5) is 4.39 Å². The molecule has 3 aliphatic rings. The molecule has 0 bridgehead atoms. The number of halogens is 1. The molecular weight excluding hydrogens is 531 g/mol. The molecule has 2 N–H and O–H groups in total. The maximum atomic E-state index is 14.0. The Hall–Kier alpha value is -2.00. The van der Waals surface area contributed by atoms with Gasteiger partial charge in [0.1, 0.15) is 18.6 Å². The standard InChI is InChI=1S/C17H29FN2OS.C13H16N2OS/c1-12(2)22-16(4,5)14(11-20-10-6-7-13(20)3)19-15(21)17(18)8-9-17;1-9(14-7-16)11-3-5-12(6-4-11)13-10(2)15-8-17-13/h11-14H,6-10H2,1-5H3;3-5,7-9,12H,6H2,1-2H3,(H,14,16)/p+1. The van der Waals surface area contributed by atoms with Gasteiger partial charge < -0.3 is 10.6 Å². The number of thiazole rings is 1. The van der Waals surface area contributed by atoms with Gasteiger partial charge in [-0.1, -0.05) is 32.1 Å². The van der Waals surface area contributed by atoms with Crippen LogP contribution in [0.5, 0.6) is 0 Å². The van der Waals surface area contributed by atoms with Gasteiger partial charge in [0.05, 0.1) is 17.2 Å². The molecule has 1 aliphatic heterocycles. The van der Waals surface area contributed by atoms with Crippen molar-refractivity contribution in [2.24, 2.45) is 0 Å². The Balaban J connectivity index is 0.000000223. The maximum absolute atomic E-state index is 14.0. The summed E-state index contributed by atoms with van der Waals surface area (Å²) in [6.45, 7) is 15.9. The van der Waals surface area contributed by atoms with Crippen molar-refractivity contribution in [3.8, 4) is 0 Å². The van der Waals surface area contributed by atoms with E-state index in [1.54, 1.807) is 11.3 Å². The van der Waals surface area contributed by atoms with Crippen LogP contribution in [0, 0.1) is 6.92 Å². The predicted molar refractivity (Wildman–Crippen MR) is 162 cm³/mol. The fourth-order valence-corrected chi connectivity index (χ4v) is 7.44. The number of alkyl halides is 1. The molecule has 2 heterocycles. The minimum Gasteiger partial charge on any atom is -0.352 e. The number of thioether (sulfide) groups is 1. The quantitative estimate of drug-likeness (QED) is 0.276. The summed E-state index contributed by atoms with van der Waals surface area (Å²) in [5.74, 6) is 0.00714. The van der Waals surface area contributed by atoms with E-state index in [4.69, 9.17) is 0 Å². The Morgan fingerprint density at radius 2 is 2.05 bits per heavy atom. The number of aryl methyl sites for hydroxylation is 1. The van der Waals surface area contributed by atoms with Gasteiger partial charge in [0.2, 0.25) is 6.41 Å². The minimum atomic E-state index is -1.61. The lowest BCUT2D eigenvalue weighted by atomic mass is 9.92. The zero-order valence-electron chi connectivity index (χ0n) is 24.5. The molecule has 0 spiro atoms. The highest BCUT2D eigenvalue weighted by molar-refractivity contribution is 8.01. The highest BCUT2D eigenvalue weighted by Crippen LogP contribution is 2.41. The molecule has 39 heavy (non-hydrogen) atoms. The first-order valence-electron chi connectivity index (χ1n) is 14.1. The maximum Gasteiger partial charge on any atom is 0.258 e. The van der Waals surface area contributed by atoms with Gasteiger partial charge in [0, 0.05) is 28.4 Å². The largest absolute Gasteiger partial charge is 0.352 e. The molecule has 1 saturated heterocycles. The number of nitrogens with one attached hydrogen (secondary N) is 2. The molecule has 9 heteroatoms. The van der Waals surface area contributed by atoms with Gasteiger partial charge in [-0.15, -0.1) is 11.3 Å². The number of aromatic nitrogens is 1. The molecule has 6 nitrogen and oxygen atoms in total. The van der Waals surface area contributed by atoms with E-state index in [9.17, 15) is 14.0 Å². The predicted octanol–water partition coefficient (Wildman–Crippen LogP) is 5.72. The average Bonchev–Trinajstić information content (AvgIpc) is 3.27. The molecule has 0 aromatic carbocycles. The first-order valence-corrected chi connectivity index (χ1v) is 15.9. The molecule has 4 rings (SSSR count). The van der Waals surface area contributed by atoms with Crippen LogP contribution < -0.4 is 10.6 Å². The number of rotatable bonds is 10. The molecule has 2 fully saturated rings. The van der Waals surface area contributed by atoms with Crippen LogP contribution in [0.2, 0.25) is 0 Å². The summed E-state index contributed by atoms with van der Waals surface area (Å²) in [4.78, 5) is 28.2. The van der Waals surface area contributed by atoms with Crippen molar-refractivity contribution in [1.82, 2.24) is 15.6 Å². The van der Waals surface area contributed by atoms with Crippen LogP contribution in [0.15, 0.2) is 29.3 Å². The Kier molecular flexibility index (Phi) is 11.0. The number of allylic oxidation sites excluding steroid dienone is 2. The first-order chi connectivity index (χ1) is 18.4. The van der Waals surface area contributed by atoms with Gasteiger partial charge in [-0.05, 0) is 64.7 Å². The number of nitrogens with zero attached hydrogens (tertiary/aromatic N) is 2. The molecule has 1 saturated carbocycles. The van der Waals surface area contributed by atoms with E-state index in [-0.39, 0.29) is 16.8 Å². The number of hydrogen-bond donors (Lipinski definition) is 2. The topological polar surface area (TPSA) is 74.1 Å². The minimum absolute atomic E-state index is 0.0901. The van der Waals surface area contributed by atoms with Gasteiger partial charge >= 0.3 is 0 Å². The third-order valence-electron chi connectivity index (χ3n) is 7.68. The molecule has 0 radical (unpaired) electrons. The summed E-state index contributed by atoms with van der Waals surface area (Å²) in [6, 6.07) is 0.438. The van der Waals surface area contributed by atoms with E-state index in [1.807, 2.05) is 24.2 Å². The lowest BCUT2D eigenvalue weighted by Crippen LogP contribution is -2.53. The van der Waals surface area contributed by atoms with Crippen LogP contribution in [0.25, 0.3) is 0 Å². The van der Waals surface area contributed by atoms with Crippen molar-refractivity contribution >= 4 is 41.6 Å². The third-order valence-corrected chi connectivity index (χ3v) is 10.1. The zero-order chi connectivity index (χ0) is 28.8. The van der Waals surface area contributed by atoms with Crippen molar-refractivity contribution in [1.29, 1.82) is 0 Å². The number of hydrogen-bond acceptors (Lipinski definition) is 5. The SMILES string of the molecule is CC(C)SC(C)(C)C(C=[N+]1CCCC1C)NC(=O)C1(F)CC1.Cc1ncsc1C1C=CC(C(C)NC=O)=CC1. The second kappa shape index (κ2) is 13.6. The fraction of sp³-hybridized carbons (Fsp3) is 0.667. The monoisotopic (exact) mass is 577 g/mol. The van der Waals surface area contributed by atoms with Crippen LogP contribution in [-0.4, -0.2) is 68.4 Å². The Morgan fingerprint density at radius 3 is 2.54 bits per heavy atom. The number of carbonyl (C=O) groups excluding carboxylic acids is 2. The van der Waals surface area contributed by atoms with E-state index >= 15 is 0 Å². The second-order valence-corrected chi connectivity index (χ2v) is 14.9. The van der Waals surface area contributed by atoms with Crippen molar-refractivity contribution in [3.05, 3.63) is 39.9 Å². The fourth-order valence-electron chi connectivity index (χ4n) is 5.06. The summed E-state index contributed by atoms with van der Waals surface area (Å²) in [5.41, 5.74) is 2.59. The van der Waals surface area contributed by atoms with E-state index in [0.29, 0.717) is 30.1 Å². The Labute approximate surface area is 242 Å². The van der Waals surface area contributed by atoms with E-state index < -0.39 is 11.6 Å². The summed E-state index contributed by atoms with van der Waals surface area (Å²) in [7, 11) is 0. The highest BCUT2D eigenvalue weighted by Gasteiger charge is 2.52. The van der Waals surface area contributed by atoms with Crippen molar-refractivity contribution in [3.63, 3.8) is 0 Å². The van der Waals surface area contributed by atoms with Crippen molar-refractivity contribution < 1.29 is 18.6 Å². The zero-order valence-corrected chi connectivity index (χ0v) is 26.1.